The van der Waals surface area contributed by atoms with E-state index in [2.05, 4.69) is 4.84 Å². The Morgan fingerprint density at radius 1 is 1.33 bits per heavy atom. The summed E-state index contributed by atoms with van der Waals surface area (Å²) in [7, 11) is -4.35. The molecule has 0 amide bonds. The number of rotatable bonds is 4. The standard InChI is InChI=1S/C9H9F4NO3S/c1-6-2-3-7(10)4-8(6)18(15,16)14-17-5-9(11,12)13/h2-4,14H,5H2,1H3. The fourth-order valence-electron chi connectivity index (χ4n) is 1.10. The van der Waals surface area contributed by atoms with Gasteiger partial charge in [-0.25, -0.2) is 12.8 Å². The number of hydrogen-bond donors (Lipinski definition) is 1. The summed E-state index contributed by atoms with van der Waals surface area (Å²) in [5.74, 6) is -0.822. The van der Waals surface area contributed by atoms with Crippen molar-refractivity contribution < 1.29 is 30.8 Å². The Kier molecular flexibility index (Phi) is 4.30. The lowest BCUT2D eigenvalue weighted by Crippen LogP contribution is -2.30. The topological polar surface area (TPSA) is 55.4 Å². The third kappa shape index (κ3) is 4.24. The van der Waals surface area contributed by atoms with E-state index < -0.39 is 33.5 Å². The zero-order valence-electron chi connectivity index (χ0n) is 9.08. The third-order valence-corrected chi connectivity index (χ3v) is 3.20. The fourth-order valence-corrected chi connectivity index (χ4v) is 2.16. The average molecular weight is 287 g/mol. The number of aryl methyl sites for hydroxylation is 1. The molecule has 0 saturated heterocycles. The SMILES string of the molecule is Cc1ccc(F)cc1S(=O)(=O)NOCC(F)(F)F. The third-order valence-electron chi connectivity index (χ3n) is 1.84. The Morgan fingerprint density at radius 3 is 2.50 bits per heavy atom. The van der Waals surface area contributed by atoms with E-state index in [0.717, 1.165) is 6.07 Å². The average Bonchev–Trinajstić information content (AvgIpc) is 2.19. The fraction of sp³-hybridized carbons (Fsp3) is 0.333. The first-order valence-corrected chi connectivity index (χ1v) is 6.07. The van der Waals surface area contributed by atoms with Crippen molar-refractivity contribution in [3.63, 3.8) is 0 Å². The Bertz CT molecular complexity index is 527. The number of alkyl halides is 3. The second kappa shape index (κ2) is 5.21. The molecule has 1 N–H and O–H groups in total. The first kappa shape index (κ1) is 14.9. The molecule has 0 heterocycles. The van der Waals surface area contributed by atoms with Gasteiger partial charge in [-0.15, -0.1) is 0 Å². The molecule has 9 heteroatoms. The highest BCUT2D eigenvalue weighted by molar-refractivity contribution is 7.89. The van der Waals surface area contributed by atoms with Gasteiger partial charge in [0, 0.05) is 0 Å². The molecule has 18 heavy (non-hydrogen) atoms. The van der Waals surface area contributed by atoms with E-state index in [0.29, 0.717) is 6.07 Å². The molecule has 0 unspecified atom stereocenters. The van der Waals surface area contributed by atoms with Crippen LogP contribution in [0.1, 0.15) is 5.56 Å². The summed E-state index contributed by atoms with van der Waals surface area (Å²) in [5.41, 5.74) is 0.180. The second-order valence-corrected chi connectivity index (χ2v) is 5.01. The van der Waals surface area contributed by atoms with Crippen molar-refractivity contribution in [2.45, 2.75) is 18.0 Å². The minimum Gasteiger partial charge on any atom is -0.277 e. The quantitative estimate of drug-likeness (QED) is 0.680. The molecule has 1 aromatic rings. The molecule has 0 saturated carbocycles. The summed E-state index contributed by atoms with van der Waals surface area (Å²) in [6.45, 7) is -0.404. The summed E-state index contributed by atoms with van der Waals surface area (Å²) in [6, 6.07) is 2.91. The second-order valence-electron chi connectivity index (χ2n) is 3.40. The van der Waals surface area contributed by atoms with E-state index in [4.69, 9.17) is 0 Å². The Balaban J connectivity index is 2.84. The van der Waals surface area contributed by atoms with E-state index in [1.165, 1.54) is 17.9 Å². The lowest BCUT2D eigenvalue weighted by molar-refractivity contribution is -0.181. The van der Waals surface area contributed by atoms with Gasteiger partial charge in [-0.2, -0.15) is 13.2 Å². The van der Waals surface area contributed by atoms with Crippen LogP contribution < -0.4 is 4.89 Å². The van der Waals surface area contributed by atoms with Crippen molar-refractivity contribution in [2.24, 2.45) is 0 Å². The highest BCUT2D eigenvalue weighted by Crippen LogP contribution is 2.17. The highest BCUT2D eigenvalue weighted by Gasteiger charge is 2.29. The van der Waals surface area contributed by atoms with Crippen molar-refractivity contribution in [1.29, 1.82) is 0 Å². The summed E-state index contributed by atoms with van der Waals surface area (Å²) < 4.78 is 71.2. The van der Waals surface area contributed by atoms with Gasteiger partial charge in [0.05, 0.1) is 4.90 Å². The largest absolute Gasteiger partial charge is 0.413 e. The molecule has 0 fully saturated rings. The lowest BCUT2D eigenvalue weighted by atomic mass is 10.2. The minimum absolute atomic E-state index is 0.180. The molecule has 1 aromatic carbocycles. The number of sulfonamides is 1. The van der Waals surface area contributed by atoms with Crippen LogP contribution in [0.5, 0.6) is 0 Å². The van der Waals surface area contributed by atoms with E-state index in [1.807, 2.05) is 0 Å². The first-order chi connectivity index (χ1) is 8.12. The molecule has 0 radical (unpaired) electrons. The normalized spacial score (nSPS) is 12.7. The zero-order valence-corrected chi connectivity index (χ0v) is 9.90. The molecule has 1 rings (SSSR count). The number of benzene rings is 1. The van der Waals surface area contributed by atoms with E-state index in [-0.39, 0.29) is 5.56 Å². The van der Waals surface area contributed by atoms with Crippen LogP contribution >= 0.6 is 0 Å². The summed E-state index contributed by atoms with van der Waals surface area (Å²) in [6.07, 6.45) is -4.67. The van der Waals surface area contributed by atoms with Crippen LogP contribution in [-0.2, 0) is 14.9 Å². The maximum Gasteiger partial charge on any atom is 0.413 e. The smallest absolute Gasteiger partial charge is 0.277 e. The van der Waals surface area contributed by atoms with Gasteiger partial charge in [0.2, 0.25) is 0 Å². The Labute approximate surface area is 101 Å². The maximum atomic E-state index is 12.9. The molecule has 0 spiro atoms. The van der Waals surface area contributed by atoms with Crippen LogP contribution in [0.2, 0.25) is 0 Å². The van der Waals surface area contributed by atoms with E-state index in [1.54, 1.807) is 0 Å². The zero-order chi connectivity index (χ0) is 14.0. The number of hydrogen-bond acceptors (Lipinski definition) is 3. The van der Waals surface area contributed by atoms with Gasteiger partial charge in [-0.1, -0.05) is 11.0 Å². The summed E-state index contributed by atoms with van der Waals surface area (Å²) in [5, 5.41) is 0. The van der Waals surface area contributed by atoms with Crippen molar-refractivity contribution in [3.05, 3.63) is 29.6 Å². The van der Waals surface area contributed by atoms with Crippen LogP contribution in [0.4, 0.5) is 17.6 Å². The van der Waals surface area contributed by atoms with Crippen LogP contribution in [0.15, 0.2) is 23.1 Å². The van der Waals surface area contributed by atoms with Gasteiger partial charge < -0.3 is 0 Å². The van der Waals surface area contributed by atoms with Gasteiger partial charge in [0.25, 0.3) is 10.0 Å². The molecular weight excluding hydrogens is 278 g/mol. The van der Waals surface area contributed by atoms with E-state index >= 15 is 0 Å². The molecule has 0 aliphatic heterocycles. The predicted molar refractivity (Wildman–Crippen MR) is 53.5 cm³/mol. The molecule has 0 aliphatic carbocycles. The van der Waals surface area contributed by atoms with Crippen LogP contribution in [0.25, 0.3) is 0 Å². The predicted octanol–water partition coefficient (Wildman–Crippen LogP) is 1.91. The lowest BCUT2D eigenvalue weighted by Gasteiger charge is -2.10. The summed E-state index contributed by atoms with van der Waals surface area (Å²) >= 11 is 0. The molecular formula is C9H9F4NO3S. The maximum absolute atomic E-state index is 12.9. The molecule has 4 nitrogen and oxygen atoms in total. The highest BCUT2D eigenvalue weighted by atomic mass is 32.2. The van der Waals surface area contributed by atoms with Crippen molar-refractivity contribution in [1.82, 2.24) is 4.89 Å². The molecule has 0 aliphatic rings. The molecule has 0 atom stereocenters. The molecule has 0 aromatic heterocycles. The minimum atomic E-state index is -4.67. The van der Waals surface area contributed by atoms with Gasteiger partial charge >= 0.3 is 6.18 Å². The van der Waals surface area contributed by atoms with Crippen molar-refractivity contribution >= 4 is 10.0 Å². The van der Waals surface area contributed by atoms with Gasteiger partial charge in [-0.05, 0) is 24.6 Å². The Hall–Kier alpha value is -1.19. The van der Waals surface area contributed by atoms with Crippen LogP contribution in [0.3, 0.4) is 0 Å². The van der Waals surface area contributed by atoms with Crippen LogP contribution in [-0.4, -0.2) is 21.2 Å². The van der Waals surface area contributed by atoms with Crippen LogP contribution in [0, 0.1) is 12.7 Å². The van der Waals surface area contributed by atoms with E-state index in [9.17, 15) is 26.0 Å². The molecule has 102 valence electrons. The summed E-state index contributed by atoms with van der Waals surface area (Å²) in [4.78, 5) is 4.63. The van der Waals surface area contributed by atoms with Gasteiger partial charge in [0.15, 0.2) is 6.61 Å². The Morgan fingerprint density at radius 2 is 1.94 bits per heavy atom. The van der Waals surface area contributed by atoms with Gasteiger partial charge in [-0.3, -0.25) is 4.84 Å². The molecule has 0 bridgehead atoms. The van der Waals surface area contributed by atoms with Crippen molar-refractivity contribution in [3.8, 4) is 0 Å². The van der Waals surface area contributed by atoms with Gasteiger partial charge in [0.1, 0.15) is 5.82 Å². The number of halogens is 4. The first-order valence-electron chi connectivity index (χ1n) is 4.58. The van der Waals surface area contributed by atoms with Crippen molar-refractivity contribution in [2.75, 3.05) is 6.61 Å². The number of nitrogens with one attached hydrogen (secondary N) is 1. The monoisotopic (exact) mass is 287 g/mol.